The predicted octanol–water partition coefficient (Wildman–Crippen LogP) is 3.28. The van der Waals surface area contributed by atoms with Gasteiger partial charge in [-0.1, -0.05) is 55.1 Å². The number of rotatable bonds is 9. The molecule has 0 saturated carbocycles. The molecule has 158 valence electrons. The summed E-state index contributed by atoms with van der Waals surface area (Å²) in [6, 6.07) is 15.3. The molecule has 29 heavy (non-hydrogen) atoms. The summed E-state index contributed by atoms with van der Waals surface area (Å²) >= 11 is 0. The molecule has 0 heterocycles. The Labute approximate surface area is 190 Å². The highest BCUT2D eigenvalue weighted by Crippen LogP contribution is 2.17. The molecule has 0 aromatic heterocycles. The minimum absolute atomic E-state index is 0. The van der Waals surface area contributed by atoms with Gasteiger partial charge in [0.05, 0.1) is 5.75 Å². The number of benzene rings is 2. The number of guanidine groups is 1. The molecule has 0 saturated heterocycles. The second-order valence-electron chi connectivity index (χ2n) is 6.37. The first-order valence-electron chi connectivity index (χ1n) is 8.93. The van der Waals surface area contributed by atoms with E-state index in [0.29, 0.717) is 25.7 Å². The van der Waals surface area contributed by atoms with Crippen molar-refractivity contribution in [3.8, 4) is 5.75 Å². The number of sulfone groups is 1. The van der Waals surface area contributed by atoms with Gasteiger partial charge < -0.3 is 15.4 Å². The number of ether oxygens (including phenoxy) is 1. The lowest BCUT2D eigenvalue weighted by molar-refractivity contribution is 0.358. The van der Waals surface area contributed by atoms with Gasteiger partial charge in [0.15, 0.2) is 15.8 Å². The average molecular weight is 529 g/mol. The van der Waals surface area contributed by atoms with Gasteiger partial charge in [-0.05, 0) is 17.2 Å². The van der Waals surface area contributed by atoms with Crippen LogP contribution in [0.1, 0.15) is 16.7 Å². The predicted molar refractivity (Wildman–Crippen MR) is 130 cm³/mol. The summed E-state index contributed by atoms with van der Waals surface area (Å²) < 4.78 is 28.4. The maximum absolute atomic E-state index is 11.4. The fraction of sp³-hybridized carbons (Fsp3) is 0.286. The van der Waals surface area contributed by atoms with Gasteiger partial charge in [-0.3, -0.25) is 4.99 Å². The summed E-state index contributed by atoms with van der Waals surface area (Å²) in [6.07, 6.45) is 2.95. The fourth-order valence-corrected chi connectivity index (χ4v) is 3.38. The number of hydrogen-bond donors (Lipinski definition) is 2. The number of halogens is 1. The van der Waals surface area contributed by atoms with Crippen LogP contribution >= 0.6 is 24.0 Å². The van der Waals surface area contributed by atoms with E-state index < -0.39 is 9.84 Å². The first-order valence-corrected chi connectivity index (χ1v) is 11.0. The zero-order valence-electron chi connectivity index (χ0n) is 16.7. The van der Waals surface area contributed by atoms with Crippen molar-refractivity contribution in [3.05, 3.63) is 77.9 Å². The Morgan fingerprint density at radius 3 is 2.31 bits per heavy atom. The van der Waals surface area contributed by atoms with Crippen LogP contribution < -0.4 is 15.4 Å². The molecule has 6 nitrogen and oxygen atoms in total. The van der Waals surface area contributed by atoms with Crippen LogP contribution in [-0.2, 0) is 28.7 Å². The van der Waals surface area contributed by atoms with Crippen LogP contribution in [0.3, 0.4) is 0 Å². The summed E-state index contributed by atoms with van der Waals surface area (Å²) in [5, 5.41) is 6.52. The van der Waals surface area contributed by atoms with E-state index in [9.17, 15) is 8.42 Å². The van der Waals surface area contributed by atoms with Crippen LogP contribution in [0.25, 0.3) is 0 Å². The van der Waals surface area contributed by atoms with Crippen LogP contribution in [0, 0.1) is 0 Å². The molecule has 0 aliphatic heterocycles. The van der Waals surface area contributed by atoms with Crippen LogP contribution in [0.15, 0.2) is 66.2 Å². The molecule has 0 radical (unpaired) electrons. The first-order chi connectivity index (χ1) is 13.4. The van der Waals surface area contributed by atoms with E-state index in [1.165, 1.54) is 6.26 Å². The minimum atomic E-state index is -3.02. The number of aliphatic imine (C=N–C) groups is 1. The van der Waals surface area contributed by atoms with E-state index in [4.69, 9.17) is 4.74 Å². The largest absolute Gasteiger partial charge is 0.489 e. The highest BCUT2D eigenvalue weighted by Gasteiger charge is 2.06. The second-order valence-corrected chi connectivity index (χ2v) is 8.51. The number of nitrogens with one attached hydrogen (secondary N) is 2. The number of nitrogens with zero attached hydrogens (tertiary/aromatic N) is 1. The summed E-state index contributed by atoms with van der Waals surface area (Å²) in [5.74, 6) is 1.53. The van der Waals surface area contributed by atoms with E-state index in [0.717, 1.165) is 22.4 Å². The Kier molecular flexibility index (Phi) is 10.7. The van der Waals surface area contributed by atoms with Crippen molar-refractivity contribution in [1.82, 2.24) is 10.6 Å². The fourth-order valence-electron chi connectivity index (χ4n) is 2.58. The first kappa shape index (κ1) is 25.0. The Morgan fingerprint density at radius 1 is 1.07 bits per heavy atom. The number of hydrogen-bond acceptors (Lipinski definition) is 4. The van der Waals surface area contributed by atoms with Crippen molar-refractivity contribution in [2.45, 2.75) is 18.8 Å². The molecule has 2 aromatic carbocycles. The topological polar surface area (TPSA) is 79.8 Å². The third kappa shape index (κ3) is 9.31. The van der Waals surface area contributed by atoms with Crippen molar-refractivity contribution in [1.29, 1.82) is 0 Å². The van der Waals surface area contributed by atoms with E-state index in [2.05, 4.69) is 22.2 Å². The molecule has 0 bridgehead atoms. The minimum Gasteiger partial charge on any atom is -0.489 e. The Bertz CT molecular complexity index is 913. The Morgan fingerprint density at radius 2 is 1.69 bits per heavy atom. The van der Waals surface area contributed by atoms with Gasteiger partial charge in [-0.2, -0.15) is 0 Å². The summed E-state index contributed by atoms with van der Waals surface area (Å²) in [6.45, 7) is 5.27. The van der Waals surface area contributed by atoms with Crippen LogP contribution in [0.5, 0.6) is 5.75 Å². The summed E-state index contributed by atoms with van der Waals surface area (Å²) in [4.78, 5) is 4.23. The lowest BCUT2D eigenvalue weighted by Crippen LogP contribution is -2.36. The lowest BCUT2D eigenvalue weighted by atomic mass is 10.1. The van der Waals surface area contributed by atoms with Gasteiger partial charge in [-0.15, -0.1) is 24.0 Å². The Balaban J connectivity index is 0.00000420. The highest BCUT2D eigenvalue weighted by molar-refractivity contribution is 14.0. The normalized spacial score (nSPS) is 11.3. The molecule has 0 aliphatic carbocycles. The molecule has 2 rings (SSSR count). The molecule has 0 fully saturated rings. The van der Waals surface area contributed by atoms with E-state index >= 15 is 0 Å². The maximum atomic E-state index is 11.4. The Hall–Kier alpha value is -2.07. The zero-order valence-corrected chi connectivity index (χ0v) is 19.9. The van der Waals surface area contributed by atoms with E-state index in [1.807, 2.05) is 48.5 Å². The second kappa shape index (κ2) is 12.5. The van der Waals surface area contributed by atoms with Gasteiger partial charge in [0.25, 0.3) is 0 Å². The van der Waals surface area contributed by atoms with E-state index in [-0.39, 0.29) is 29.7 Å². The van der Waals surface area contributed by atoms with Gasteiger partial charge in [0, 0.05) is 32.0 Å². The summed E-state index contributed by atoms with van der Waals surface area (Å²) in [5.41, 5.74) is 2.84. The van der Waals surface area contributed by atoms with Crippen molar-refractivity contribution in [3.63, 3.8) is 0 Å². The molecular formula is C21H28IN3O3S. The maximum Gasteiger partial charge on any atom is 0.191 e. The smallest absolute Gasteiger partial charge is 0.191 e. The van der Waals surface area contributed by atoms with Crippen LogP contribution in [-0.4, -0.2) is 34.3 Å². The summed E-state index contributed by atoms with van der Waals surface area (Å²) in [7, 11) is -1.31. The van der Waals surface area contributed by atoms with Crippen molar-refractivity contribution in [2.75, 3.05) is 19.9 Å². The quantitative estimate of drug-likeness (QED) is 0.226. The molecule has 8 heteroatoms. The standard InChI is InChI=1S/C21H27N3O3S.HI/c1-4-13-27-20-8-6-5-7-19(20)15-24-21(22-2)23-14-17-9-11-18(12-10-17)16-28(3,25)26;/h4-12H,1,13-16H2,2-3H3,(H2,22,23,24);1H. The molecule has 0 spiro atoms. The molecule has 0 atom stereocenters. The molecule has 2 N–H and O–H groups in total. The van der Waals surface area contributed by atoms with Crippen LogP contribution in [0.2, 0.25) is 0 Å². The third-order valence-corrected chi connectivity index (χ3v) is 4.77. The van der Waals surface area contributed by atoms with Gasteiger partial charge >= 0.3 is 0 Å². The number of para-hydroxylation sites is 1. The van der Waals surface area contributed by atoms with E-state index in [1.54, 1.807) is 13.1 Å². The van der Waals surface area contributed by atoms with Gasteiger partial charge in [-0.25, -0.2) is 8.42 Å². The monoisotopic (exact) mass is 529 g/mol. The average Bonchev–Trinajstić information content (AvgIpc) is 2.67. The lowest BCUT2D eigenvalue weighted by Gasteiger charge is -2.14. The highest BCUT2D eigenvalue weighted by atomic mass is 127. The SMILES string of the molecule is C=CCOc1ccccc1CNC(=NC)NCc1ccc(CS(C)(=O)=O)cc1.I. The van der Waals surface area contributed by atoms with Crippen LogP contribution in [0.4, 0.5) is 0 Å². The molecule has 0 amide bonds. The molecular weight excluding hydrogens is 501 g/mol. The third-order valence-electron chi connectivity index (χ3n) is 3.91. The molecule has 2 aromatic rings. The van der Waals surface area contributed by atoms with Gasteiger partial charge in [0.1, 0.15) is 12.4 Å². The molecule has 0 aliphatic rings. The van der Waals surface area contributed by atoms with Crippen molar-refractivity contribution < 1.29 is 13.2 Å². The van der Waals surface area contributed by atoms with Crippen molar-refractivity contribution in [2.24, 2.45) is 4.99 Å². The molecule has 0 unspecified atom stereocenters. The zero-order chi connectivity index (χ0) is 20.4. The van der Waals surface area contributed by atoms with Gasteiger partial charge in [0.2, 0.25) is 0 Å². The van der Waals surface area contributed by atoms with Crippen molar-refractivity contribution >= 4 is 39.8 Å².